The lowest BCUT2D eigenvalue weighted by Crippen LogP contribution is -2.17. The first-order valence-electron chi connectivity index (χ1n) is 17.7. The fraction of sp³-hybridized carbons (Fsp3) is 0.261. The summed E-state index contributed by atoms with van der Waals surface area (Å²) < 4.78 is 0. The lowest BCUT2D eigenvalue weighted by atomic mass is 9.77. The summed E-state index contributed by atoms with van der Waals surface area (Å²) >= 11 is 1.87. The highest BCUT2D eigenvalue weighted by Gasteiger charge is 2.40. The predicted octanol–water partition coefficient (Wildman–Crippen LogP) is 13.6. The molecule has 0 unspecified atom stereocenters. The van der Waals surface area contributed by atoms with Crippen molar-refractivity contribution in [1.82, 2.24) is 0 Å². The van der Waals surface area contributed by atoms with Crippen molar-refractivity contribution >= 4 is 22.7 Å². The molecule has 0 aliphatic heterocycles. The fourth-order valence-electron chi connectivity index (χ4n) is 8.53. The van der Waals surface area contributed by atoms with Crippen LogP contribution in [0.1, 0.15) is 88.1 Å². The first-order chi connectivity index (χ1) is 23.3. The molecule has 1 aromatic heterocycles. The molecule has 1 N–H and O–H groups in total. The number of hydrogen-bond acceptors (Lipinski definition) is 2. The maximum Gasteiger partial charge on any atom is 0.0467 e. The van der Waals surface area contributed by atoms with Crippen LogP contribution in [0.2, 0.25) is 0 Å². The van der Waals surface area contributed by atoms with Crippen LogP contribution in [-0.4, -0.2) is 0 Å². The van der Waals surface area contributed by atoms with Crippen LogP contribution < -0.4 is 5.32 Å². The number of hydrogen-bond donors (Lipinski definition) is 1. The average molecular weight is 644 g/mol. The lowest BCUT2D eigenvalue weighted by molar-refractivity contribution is 0.659. The molecule has 240 valence electrons. The molecular formula is C46H45NS. The normalized spacial score (nSPS) is 14.7. The molecule has 2 aliphatic carbocycles. The molecule has 0 radical (unpaired) electrons. The third-order valence-electron chi connectivity index (χ3n) is 11.1. The summed E-state index contributed by atoms with van der Waals surface area (Å²) in [6, 6.07) is 41.2. The van der Waals surface area contributed by atoms with Gasteiger partial charge in [-0.05, 0) is 110 Å². The fourth-order valence-corrected chi connectivity index (χ4v) is 9.49. The smallest absolute Gasteiger partial charge is 0.0467 e. The Morgan fingerprint density at radius 1 is 0.583 bits per heavy atom. The topological polar surface area (TPSA) is 12.0 Å². The first kappa shape index (κ1) is 30.9. The Balaban J connectivity index is 1.21. The van der Waals surface area contributed by atoms with Gasteiger partial charge in [0.15, 0.2) is 0 Å². The van der Waals surface area contributed by atoms with Crippen LogP contribution in [0.5, 0.6) is 0 Å². The Morgan fingerprint density at radius 3 is 1.98 bits per heavy atom. The highest BCUT2D eigenvalue weighted by Crippen LogP contribution is 2.56. The van der Waals surface area contributed by atoms with E-state index >= 15 is 0 Å². The minimum atomic E-state index is -0.132. The number of thiophene rings is 1. The molecule has 2 heteroatoms. The van der Waals surface area contributed by atoms with Gasteiger partial charge in [0.25, 0.3) is 0 Å². The van der Waals surface area contributed by atoms with Gasteiger partial charge in [-0.1, -0.05) is 133 Å². The van der Waals surface area contributed by atoms with E-state index in [0.717, 1.165) is 17.8 Å². The van der Waals surface area contributed by atoms with Crippen molar-refractivity contribution in [2.45, 2.75) is 77.6 Å². The van der Waals surface area contributed by atoms with Gasteiger partial charge in [-0.3, -0.25) is 0 Å². The molecule has 8 rings (SSSR count). The summed E-state index contributed by atoms with van der Waals surface area (Å²) in [6.07, 6.45) is 6.35. The monoisotopic (exact) mass is 643 g/mol. The maximum absolute atomic E-state index is 3.91. The molecule has 0 saturated heterocycles. The van der Waals surface area contributed by atoms with Gasteiger partial charge in [-0.25, -0.2) is 0 Å². The van der Waals surface area contributed by atoms with Crippen LogP contribution >= 0.6 is 11.3 Å². The van der Waals surface area contributed by atoms with Gasteiger partial charge in [-0.15, -0.1) is 11.3 Å². The van der Waals surface area contributed by atoms with Crippen LogP contribution in [0, 0.1) is 0 Å². The zero-order valence-corrected chi connectivity index (χ0v) is 29.7. The van der Waals surface area contributed by atoms with E-state index in [4.69, 9.17) is 0 Å². The largest absolute Gasteiger partial charge is 0.355 e. The van der Waals surface area contributed by atoms with Crippen LogP contribution in [0.15, 0.2) is 115 Å². The molecule has 0 amide bonds. The summed E-state index contributed by atoms with van der Waals surface area (Å²) in [6.45, 7) is 11.8. The van der Waals surface area contributed by atoms with Crippen molar-refractivity contribution in [3.05, 3.63) is 142 Å². The van der Waals surface area contributed by atoms with Gasteiger partial charge in [-0.2, -0.15) is 0 Å². The van der Waals surface area contributed by atoms with Crippen molar-refractivity contribution in [3.63, 3.8) is 0 Å². The summed E-state index contributed by atoms with van der Waals surface area (Å²) in [7, 11) is 0. The second kappa shape index (κ2) is 11.9. The highest BCUT2D eigenvalue weighted by molar-refractivity contribution is 7.13. The molecule has 5 aromatic carbocycles. The minimum absolute atomic E-state index is 0.0571. The standard InChI is InChI=1S/C46H45NS/c1-6-7-8-9-14-30-27-28-48-44(30)31-19-22-33(23-20-31)47-41-26-25-37-35-16-11-13-18-39(35)46(4,5)43(37)42(41)32-21-24-36-34-15-10-12-17-38(34)45(2,3)40(36)29-32/h10-13,15-29,47H,6-9,14H2,1-5H3. The summed E-state index contributed by atoms with van der Waals surface area (Å²) in [4.78, 5) is 1.41. The van der Waals surface area contributed by atoms with Gasteiger partial charge < -0.3 is 5.32 Å². The lowest BCUT2D eigenvalue weighted by Gasteiger charge is -2.28. The summed E-state index contributed by atoms with van der Waals surface area (Å²) in [5.74, 6) is 0. The minimum Gasteiger partial charge on any atom is -0.355 e. The Hall–Kier alpha value is -4.40. The number of fused-ring (bicyclic) bond motifs is 6. The predicted molar refractivity (Wildman–Crippen MR) is 208 cm³/mol. The van der Waals surface area contributed by atoms with E-state index in [9.17, 15) is 0 Å². The van der Waals surface area contributed by atoms with E-state index in [-0.39, 0.29) is 10.8 Å². The Kier molecular flexibility index (Phi) is 7.68. The van der Waals surface area contributed by atoms with Crippen LogP contribution in [0.3, 0.4) is 0 Å². The molecule has 0 saturated carbocycles. The molecule has 1 nitrogen and oxygen atoms in total. The molecule has 48 heavy (non-hydrogen) atoms. The molecule has 0 fully saturated rings. The molecule has 0 atom stereocenters. The number of unbranched alkanes of at least 4 members (excludes halogenated alkanes) is 3. The van der Waals surface area contributed by atoms with Crippen molar-refractivity contribution in [2.24, 2.45) is 0 Å². The SMILES string of the molecule is CCCCCCc1ccsc1-c1ccc(Nc2ccc3c(c2-c2ccc4c(c2)C(C)(C)c2ccccc2-4)C(C)(C)c2ccccc2-3)cc1. The molecule has 6 aromatic rings. The zero-order chi connectivity index (χ0) is 33.0. The van der Waals surface area contributed by atoms with E-state index in [2.05, 4.69) is 155 Å². The van der Waals surface area contributed by atoms with Gasteiger partial charge in [0.1, 0.15) is 0 Å². The molecular weight excluding hydrogens is 599 g/mol. The van der Waals surface area contributed by atoms with E-state index in [0.29, 0.717) is 0 Å². The number of anilines is 2. The quantitative estimate of drug-likeness (QED) is 0.155. The van der Waals surface area contributed by atoms with Crippen molar-refractivity contribution in [2.75, 3.05) is 5.32 Å². The maximum atomic E-state index is 3.91. The van der Waals surface area contributed by atoms with E-state index in [1.807, 2.05) is 11.3 Å². The van der Waals surface area contributed by atoms with E-state index in [1.165, 1.54) is 97.3 Å². The second-order valence-corrected chi connectivity index (χ2v) is 15.7. The van der Waals surface area contributed by atoms with Gasteiger partial charge in [0.2, 0.25) is 0 Å². The van der Waals surface area contributed by atoms with Crippen molar-refractivity contribution < 1.29 is 0 Å². The van der Waals surface area contributed by atoms with Gasteiger partial charge in [0.05, 0.1) is 0 Å². The number of benzene rings is 5. The van der Waals surface area contributed by atoms with E-state index < -0.39 is 0 Å². The van der Waals surface area contributed by atoms with E-state index in [1.54, 1.807) is 0 Å². The van der Waals surface area contributed by atoms with Crippen molar-refractivity contribution in [1.29, 1.82) is 0 Å². The molecule has 0 bridgehead atoms. The molecule has 1 heterocycles. The van der Waals surface area contributed by atoms with Crippen molar-refractivity contribution in [3.8, 4) is 43.8 Å². The molecule has 0 spiro atoms. The Labute approximate surface area is 290 Å². The third-order valence-corrected chi connectivity index (χ3v) is 12.1. The van der Waals surface area contributed by atoms with Crippen LogP contribution in [0.25, 0.3) is 43.8 Å². The first-order valence-corrected chi connectivity index (χ1v) is 18.6. The van der Waals surface area contributed by atoms with Gasteiger partial charge in [0, 0.05) is 32.6 Å². The second-order valence-electron chi connectivity index (χ2n) is 14.8. The van der Waals surface area contributed by atoms with Gasteiger partial charge >= 0.3 is 0 Å². The summed E-state index contributed by atoms with van der Waals surface area (Å²) in [5, 5.41) is 6.16. The van der Waals surface area contributed by atoms with Crippen LogP contribution in [-0.2, 0) is 17.3 Å². The Morgan fingerprint density at radius 2 is 1.23 bits per heavy atom. The highest BCUT2D eigenvalue weighted by atomic mass is 32.1. The average Bonchev–Trinajstić information content (AvgIpc) is 3.73. The number of nitrogens with one attached hydrogen (secondary N) is 1. The zero-order valence-electron chi connectivity index (χ0n) is 28.9. The number of rotatable bonds is 9. The van der Waals surface area contributed by atoms with Crippen LogP contribution in [0.4, 0.5) is 11.4 Å². The molecule has 2 aliphatic rings. The third kappa shape index (κ3) is 4.96. The Bertz CT molecular complexity index is 2140. The summed E-state index contributed by atoms with van der Waals surface area (Å²) in [5.41, 5.74) is 18.5. The number of aryl methyl sites for hydroxylation is 1.